The highest BCUT2D eigenvalue weighted by Crippen LogP contribution is 2.51. The molecular weight excluding hydrogens is 697 g/mol. The average molecular weight is 759 g/mol. The molecular formula is C50H62O6. The highest BCUT2D eigenvalue weighted by molar-refractivity contribution is 5.93. The quantitative estimate of drug-likeness (QED) is 0.106. The first-order chi connectivity index (χ1) is 25.7. The smallest absolute Gasteiger partial charge is 0.323 e. The summed E-state index contributed by atoms with van der Waals surface area (Å²) in [5.74, 6) is 0.395. The van der Waals surface area contributed by atoms with Crippen molar-refractivity contribution in [2.24, 2.45) is 0 Å². The number of esters is 2. The second kappa shape index (κ2) is 14.1. The molecule has 6 nitrogen and oxygen atoms in total. The van der Waals surface area contributed by atoms with Crippen LogP contribution in [0.1, 0.15) is 166 Å². The van der Waals surface area contributed by atoms with Crippen LogP contribution in [0, 0.1) is 0 Å². The van der Waals surface area contributed by atoms with Gasteiger partial charge >= 0.3 is 11.9 Å². The Balaban J connectivity index is 1.46. The summed E-state index contributed by atoms with van der Waals surface area (Å²) in [6.45, 7) is 33.1. The zero-order valence-electron chi connectivity index (χ0n) is 36.4. The van der Waals surface area contributed by atoms with Crippen LogP contribution in [0.2, 0.25) is 0 Å². The molecule has 0 saturated carbocycles. The van der Waals surface area contributed by atoms with Crippen molar-refractivity contribution in [1.82, 2.24) is 0 Å². The molecule has 0 radical (unpaired) electrons. The molecule has 2 aliphatic heterocycles. The minimum Gasteiger partial charge on any atom is -0.490 e. The molecule has 0 saturated heterocycles. The molecule has 56 heavy (non-hydrogen) atoms. The summed E-state index contributed by atoms with van der Waals surface area (Å²) >= 11 is 0. The van der Waals surface area contributed by atoms with Gasteiger partial charge in [0.2, 0.25) is 0 Å². The number of carbonyl (C=O) groups excluding carboxylic acids is 2. The Morgan fingerprint density at radius 1 is 0.464 bits per heavy atom. The van der Waals surface area contributed by atoms with Gasteiger partial charge in [-0.3, -0.25) is 9.59 Å². The number of rotatable bonds is 7. The number of ether oxygens (including phenoxy) is 4. The zero-order valence-corrected chi connectivity index (χ0v) is 36.4. The molecule has 0 N–H and O–H groups in total. The largest absolute Gasteiger partial charge is 0.490 e. The van der Waals surface area contributed by atoms with Gasteiger partial charge in [-0.1, -0.05) is 146 Å². The van der Waals surface area contributed by atoms with Crippen molar-refractivity contribution < 1.29 is 28.5 Å². The van der Waals surface area contributed by atoms with E-state index in [2.05, 4.69) is 140 Å². The summed E-state index contributed by atoms with van der Waals surface area (Å²) < 4.78 is 25.0. The average Bonchev–Trinajstić information content (AvgIpc) is 3.58. The number of carbonyl (C=O) groups is 2. The van der Waals surface area contributed by atoms with Crippen molar-refractivity contribution in [2.75, 3.05) is 13.2 Å². The van der Waals surface area contributed by atoms with Crippen LogP contribution in [-0.4, -0.2) is 25.2 Å². The molecule has 4 aromatic carbocycles. The van der Waals surface area contributed by atoms with Gasteiger partial charge in [0, 0.05) is 27.8 Å². The highest BCUT2D eigenvalue weighted by atomic mass is 16.5. The molecule has 2 aliphatic rings. The fourth-order valence-electron chi connectivity index (χ4n) is 7.59. The molecule has 0 amide bonds. The maximum atomic E-state index is 14.2. The summed E-state index contributed by atoms with van der Waals surface area (Å²) in [7, 11) is 0. The van der Waals surface area contributed by atoms with Crippen molar-refractivity contribution >= 4 is 11.9 Å². The Hall–Kier alpha value is -4.58. The maximum absolute atomic E-state index is 14.2. The molecule has 2 heterocycles. The van der Waals surface area contributed by atoms with E-state index >= 15 is 0 Å². The summed E-state index contributed by atoms with van der Waals surface area (Å²) in [6.07, 6.45) is 0. The first-order valence-electron chi connectivity index (χ1n) is 20.1. The van der Waals surface area contributed by atoms with Crippen LogP contribution in [-0.2, 0) is 36.7 Å². The summed E-state index contributed by atoms with van der Waals surface area (Å²) in [5.41, 5.74) is 7.69. The Kier molecular flexibility index (Phi) is 10.3. The van der Waals surface area contributed by atoms with Crippen LogP contribution in [0.3, 0.4) is 0 Å². The Morgan fingerprint density at radius 2 is 0.911 bits per heavy atom. The van der Waals surface area contributed by atoms with Crippen LogP contribution in [0.25, 0.3) is 0 Å². The van der Waals surface area contributed by atoms with E-state index < -0.39 is 11.8 Å². The lowest BCUT2D eigenvalue weighted by Gasteiger charge is -2.27. The predicted octanol–water partition coefficient (Wildman–Crippen LogP) is 11.7. The van der Waals surface area contributed by atoms with Crippen molar-refractivity contribution in [3.63, 3.8) is 0 Å². The Labute approximate surface area is 335 Å². The van der Waals surface area contributed by atoms with E-state index in [1.54, 1.807) is 0 Å². The van der Waals surface area contributed by atoms with Gasteiger partial charge < -0.3 is 18.9 Å². The number of benzene rings is 4. The fourth-order valence-corrected chi connectivity index (χ4v) is 7.59. The molecule has 2 unspecified atom stereocenters. The first-order valence-corrected chi connectivity index (χ1v) is 20.1. The third kappa shape index (κ3) is 8.12. The summed E-state index contributed by atoms with van der Waals surface area (Å²) in [5, 5.41) is 0. The zero-order chi connectivity index (χ0) is 41.3. The van der Waals surface area contributed by atoms with Gasteiger partial charge in [-0.25, -0.2) is 0 Å². The van der Waals surface area contributed by atoms with Gasteiger partial charge in [-0.05, 0) is 73.6 Å². The molecule has 0 fully saturated rings. The van der Waals surface area contributed by atoms with Crippen molar-refractivity contribution in [3.05, 3.63) is 117 Å². The SMILES string of the molecule is CC(C)(C)c1ccc(OCCOc2ccc(C3C(=O)Oc4c3cc(C(C)(C)C)cc4C(C)(C)C)cc2C2C(=O)Oc3c2cc(C(C)(C)C)cc3C(C)(C)C)cc1. The van der Waals surface area contributed by atoms with Gasteiger partial charge in [0.05, 0.1) is 0 Å². The van der Waals surface area contributed by atoms with Gasteiger partial charge in [0.1, 0.15) is 48.0 Å². The van der Waals surface area contributed by atoms with E-state index in [1.807, 2.05) is 30.3 Å². The number of hydrogen-bond donors (Lipinski definition) is 0. The predicted molar refractivity (Wildman–Crippen MR) is 225 cm³/mol. The van der Waals surface area contributed by atoms with Crippen LogP contribution in [0.15, 0.2) is 66.7 Å². The van der Waals surface area contributed by atoms with E-state index in [0.29, 0.717) is 29.4 Å². The van der Waals surface area contributed by atoms with Crippen LogP contribution >= 0.6 is 0 Å². The number of hydrogen-bond acceptors (Lipinski definition) is 6. The third-order valence-corrected chi connectivity index (χ3v) is 11.1. The lowest BCUT2D eigenvalue weighted by Crippen LogP contribution is -2.18. The fraction of sp³-hybridized carbons (Fsp3) is 0.480. The monoisotopic (exact) mass is 758 g/mol. The van der Waals surface area contributed by atoms with E-state index in [4.69, 9.17) is 18.9 Å². The molecule has 298 valence electrons. The molecule has 2 atom stereocenters. The van der Waals surface area contributed by atoms with E-state index in [-0.39, 0.29) is 45.6 Å². The van der Waals surface area contributed by atoms with Crippen LogP contribution in [0.5, 0.6) is 23.0 Å². The van der Waals surface area contributed by atoms with Crippen LogP contribution < -0.4 is 18.9 Å². The summed E-state index contributed by atoms with van der Waals surface area (Å²) in [4.78, 5) is 28.3. The van der Waals surface area contributed by atoms with Gasteiger partial charge in [-0.2, -0.15) is 0 Å². The lowest BCUT2D eigenvalue weighted by atomic mass is 9.76. The minimum atomic E-state index is -0.767. The van der Waals surface area contributed by atoms with Crippen molar-refractivity contribution in [1.29, 1.82) is 0 Å². The molecule has 6 heteroatoms. The Morgan fingerprint density at radius 3 is 1.38 bits per heavy atom. The van der Waals surface area contributed by atoms with E-state index in [9.17, 15) is 9.59 Å². The second-order valence-electron chi connectivity index (χ2n) is 20.9. The molecule has 0 bridgehead atoms. The Bertz CT molecular complexity index is 2150. The van der Waals surface area contributed by atoms with Gasteiger partial charge in [-0.15, -0.1) is 0 Å². The van der Waals surface area contributed by atoms with Gasteiger partial charge in [0.15, 0.2) is 0 Å². The van der Waals surface area contributed by atoms with E-state index in [1.165, 1.54) is 5.56 Å². The lowest BCUT2D eigenvalue weighted by molar-refractivity contribution is -0.134. The topological polar surface area (TPSA) is 71.1 Å². The third-order valence-electron chi connectivity index (χ3n) is 11.1. The highest BCUT2D eigenvalue weighted by Gasteiger charge is 2.43. The first kappa shape index (κ1) is 41.1. The normalized spacial score (nSPS) is 17.3. The van der Waals surface area contributed by atoms with Crippen molar-refractivity contribution in [2.45, 2.75) is 143 Å². The van der Waals surface area contributed by atoms with Crippen LogP contribution in [0.4, 0.5) is 0 Å². The minimum absolute atomic E-state index is 0.0482. The van der Waals surface area contributed by atoms with E-state index in [0.717, 1.165) is 44.7 Å². The molecule has 0 spiro atoms. The molecule has 0 aromatic heterocycles. The standard InChI is InChI=1S/C50H62O6/c1-46(2,3)30-17-19-33(20-18-30)53-22-23-54-39-21-16-29(40-35-25-31(47(4,5)6)27-37(49(10,11)12)42(35)55-44(40)51)24-34(39)41-36-26-32(48(7,8)9)28-38(50(13,14)15)43(36)56-45(41)52/h16-21,24-28,40-41H,22-23H2,1-15H3. The van der Waals surface area contributed by atoms with Crippen molar-refractivity contribution in [3.8, 4) is 23.0 Å². The molecule has 4 aromatic rings. The summed E-state index contributed by atoms with van der Waals surface area (Å²) in [6, 6.07) is 22.5. The van der Waals surface area contributed by atoms with Gasteiger partial charge in [0.25, 0.3) is 0 Å². The maximum Gasteiger partial charge on any atom is 0.323 e. The second-order valence-corrected chi connectivity index (χ2v) is 20.9. The molecule has 6 rings (SSSR count). The molecule has 0 aliphatic carbocycles. The number of fused-ring (bicyclic) bond motifs is 2.